The van der Waals surface area contributed by atoms with Crippen LogP contribution in [0.5, 0.6) is 5.75 Å². The molecule has 1 atom stereocenters. The molecule has 0 unspecified atom stereocenters. The Morgan fingerprint density at radius 1 is 1.28 bits per heavy atom. The maximum Gasteiger partial charge on any atom is 0.522 e. The molecule has 1 aliphatic carbocycles. The van der Waals surface area contributed by atoms with E-state index < -0.39 is 13.0 Å². The van der Waals surface area contributed by atoms with Crippen LogP contribution in [-0.2, 0) is 11.2 Å². The molecule has 0 heterocycles. The van der Waals surface area contributed by atoms with Crippen molar-refractivity contribution in [2.24, 2.45) is 5.73 Å². The van der Waals surface area contributed by atoms with Crippen molar-refractivity contribution in [1.29, 1.82) is 0 Å². The van der Waals surface area contributed by atoms with Crippen molar-refractivity contribution in [2.45, 2.75) is 25.2 Å². The monoisotopic (exact) mass is 261 g/mol. The third-order valence-corrected chi connectivity index (χ3v) is 2.86. The van der Waals surface area contributed by atoms with Gasteiger partial charge in [-0.1, -0.05) is 6.07 Å². The number of ether oxygens (including phenoxy) is 2. The number of hydrogen-bond donors (Lipinski definition) is 1. The molecule has 0 aromatic heterocycles. The normalized spacial score (nSPS) is 18.8. The fourth-order valence-corrected chi connectivity index (χ4v) is 2.03. The van der Waals surface area contributed by atoms with Crippen molar-refractivity contribution >= 4 is 0 Å². The predicted octanol–water partition coefficient (Wildman–Crippen LogP) is 2.55. The predicted molar refractivity (Wildman–Crippen MR) is 59.2 cm³/mol. The zero-order valence-electron chi connectivity index (χ0n) is 9.67. The van der Waals surface area contributed by atoms with Gasteiger partial charge in [-0.25, -0.2) is 0 Å². The first-order valence-electron chi connectivity index (χ1n) is 5.67. The van der Waals surface area contributed by atoms with Crippen LogP contribution in [0.2, 0.25) is 0 Å². The fraction of sp³-hybridized carbons (Fsp3) is 0.500. The molecule has 0 bridgehead atoms. The molecular formula is C12H14F3NO2. The third-order valence-electron chi connectivity index (χ3n) is 2.86. The average Bonchev–Trinajstić information content (AvgIpc) is 2.65. The number of aryl methyl sites for hydroxylation is 1. The summed E-state index contributed by atoms with van der Waals surface area (Å²) in [5.74, 6) is 0.550. The Morgan fingerprint density at radius 2 is 2.06 bits per heavy atom. The highest BCUT2D eigenvalue weighted by molar-refractivity contribution is 5.40. The molecule has 0 saturated heterocycles. The lowest BCUT2D eigenvalue weighted by molar-refractivity contribution is -0.325. The smallest absolute Gasteiger partial charge is 0.491 e. The zero-order valence-corrected chi connectivity index (χ0v) is 9.67. The summed E-state index contributed by atoms with van der Waals surface area (Å²) in [5, 5.41) is 0. The van der Waals surface area contributed by atoms with Gasteiger partial charge in [0.05, 0.1) is 6.61 Å². The van der Waals surface area contributed by atoms with Gasteiger partial charge in [-0.15, -0.1) is 13.2 Å². The number of hydrogen-bond acceptors (Lipinski definition) is 3. The van der Waals surface area contributed by atoms with Crippen LogP contribution >= 0.6 is 0 Å². The van der Waals surface area contributed by atoms with E-state index >= 15 is 0 Å². The second kappa shape index (κ2) is 5.16. The van der Waals surface area contributed by atoms with Crippen molar-refractivity contribution in [3.63, 3.8) is 0 Å². The van der Waals surface area contributed by atoms with Gasteiger partial charge in [-0.05, 0) is 36.1 Å². The van der Waals surface area contributed by atoms with Gasteiger partial charge in [0.1, 0.15) is 12.4 Å². The molecule has 18 heavy (non-hydrogen) atoms. The summed E-state index contributed by atoms with van der Waals surface area (Å²) in [6, 6.07) is 5.47. The van der Waals surface area contributed by atoms with E-state index in [4.69, 9.17) is 10.5 Å². The number of alkyl halides is 3. The zero-order chi connectivity index (χ0) is 13.2. The number of fused-ring (bicyclic) bond motifs is 1. The summed E-state index contributed by atoms with van der Waals surface area (Å²) in [6.07, 6.45) is -2.82. The SMILES string of the molecule is N[C@@H]1CCc2cc(OCCOC(F)(F)F)ccc21. The standard InChI is InChI=1S/C12H14F3NO2/c13-12(14,15)18-6-5-17-9-2-3-10-8(7-9)1-4-11(10)16/h2-3,7,11H,1,4-6,16H2/t11-/m1/s1. The minimum atomic E-state index is -4.60. The van der Waals surface area contributed by atoms with Crippen molar-refractivity contribution in [3.05, 3.63) is 29.3 Å². The lowest BCUT2D eigenvalue weighted by Crippen LogP contribution is -2.18. The second-order valence-electron chi connectivity index (χ2n) is 4.15. The van der Waals surface area contributed by atoms with E-state index in [0.717, 1.165) is 24.0 Å². The average molecular weight is 261 g/mol. The van der Waals surface area contributed by atoms with Crippen LogP contribution in [-0.4, -0.2) is 19.6 Å². The van der Waals surface area contributed by atoms with Crippen LogP contribution in [0.4, 0.5) is 13.2 Å². The van der Waals surface area contributed by atoms with E-state index in [1.165, 1.54) is 0 Å². The first-order chi connectivity index (χ1) is 8.46. The lowest BCUT2D eigenvalue weighted by Gasteiger charge is -2.10. The molecule has 0 spiro atoms. The van der Waals surface area contributed by atoms with Crippen LogP contribution in [0, 0.1) is 0 Å². The molecule has 0 aliphatic heterocycles. The van der Waals surface area contributed by atoms with E-state index in [-0.39, 0.29) is 12.6 Å². The lowest BCUT2D eigenvalue weighted by atomic mass is 10.1. The molecule has 0 amide bonds. The summed E-state index contributed by atoms with van der Waals surface area (Å²) < 4.78 is 43.9. The first-order valence-corrected chi connectivity index (χ1v) is 5.67. The summed E-state index contributed by atoms with van der Waals surface area (Å²) in [6.45, 7) is -0.648. The van der Waals surface area contributed by atoms with E-state index in [0.29, 0.717) is 5.75 Å². The Morgan fingerprint density at radius 3 is 2.78 bits per heavy atom. The number of rotatable bonds is 4. The molecule has 1 aromatic rings. The van der Waals surface area contributed by atoms with Crippen molar-refractivity contribution in [2.75, 3.05) is 13.2 Å². The molecule has 0 saturated carbocycles. The Balaban J connectivity index is 1.84. The number of nitrogens with two attached hydrogens (primary N) is 1. The van der Waals surface area contributed by atoms with E-state index in [1.807, 2.05) is 12.1 Å². The molecule has 0 radical (unpaired) electrons. The maximum absolute atomic E-state index is 11.7. The van der Waals surface area contributed by atoms with Gasteiger partial charge in [0.15, 0.2) is 0 Å². The van der Waals surface area contributed by atoms with Crippen molar-refractivity contribution < 1.29 is 22.6 Å². The molecule has 2 rings (SSSR count). The Bertz CT molecular complexity index is 420. The minimum Gasteiger partial charge on any atom is -0.491 e. The molecule has 6 heteroatoms. The number of halogens is 3. The van der Waals surface area contributed by atoms with Crippen LogP contribution < -0.4 is 10.5 Å². The van der Waals surface area contributed by atoms with Gasteiger partial charge < -0.3 is 10.5 Å². The van der Waals surface area contributed by atoms with Gasteiger partial charge in [0.2, 0.25) is 0 Å². The highest BCUT2D eigenvalue weighted by Crippen LogP contribution is 2.31. The largest absolute Gasteiger partial charge is 0.522 e. The molecule has 100 valence electrons. The highest BCUT2D eigenvalue weighted by Gasteiger charge is 2.28. The Kier molecular flexibility index (Phi) is 3.77. The van der Waals surface area contributed by atoms with Gasteiger partial charge in [-0.3, -0.25) is 4.74 Å². The Labute approximate surface area is 103 Å². The summed E-state index contributed by atoms with van der Waals surface area (Å²) in [7, 11) is 0. The fourth-order valence-electron chi connectivity index (χ4n) is 2.03. The topological polar surface area (TPSA) is 44.5 Å². The molecule has 3 nitrogen and oxygen atoms in total. The van der Waals surface area contributed by atoms with Gasteiger partial charge >= 0.3 is 6.36 Å². The van der Waals surface area contributed by atoms with E-state index in [9.17, 15) is 13.2 Å². The summed E-state index contributed by atoms with van der Waals surface area (Å²) >= 11 is 0. The van der Waals surface area contributed by atoms with Crippen LogP contribution in [0.15, 0.2) is 18.2 Å². The van der Waals surface area contributed by atoms with Gasteiger partial charge in [0.25, 0.3) is 0 Å². The molecule has 1 aliphatic rings. The van der Waals surface area contributed by atoms with Crippen LogP contribution in [0.25, 0.3) is 0 Å². The first kappa shape index (κ1) is 13.2. The van der Waals surface area contributed by atoms with Crippen molar-refractivity contribution in [1.82, 2.24) is 0 Å². The van der Waals surface area contributed by atoms with Crippen LogP contribution in [0.1, 0.15) is 23.6 Å². The van der Waals surface area contributed by atoms with E-state index in [2.05, 4.69) is 4.74 Å². The van der Waals surface area contributed by atoms with Gasteiger partial charge in [-0.2, -0.15) is 0 Å². The molecular weight excluding hydrogens is 247 g/mol. The maximum atomic E-state index is 11.7. The van der Waals surface area contributed by atoms with Crippen LogP contribution in [0.3, 0.4) is 0 Å². The number of benzene rings is 1. The third kappa shape index (κ3) is 3.36. The highest BCUT2D eigenvalue weighted by atomic mass is 19.4. The Hall–Kier alpha value is -1.27. The summed E-state index contributed by atoms with van der Waals surface area (Å²) in [5.41, 5.74) is 8.08. The summed E-state index contributed by atoms with van der Waals surface area (Å²) in [4.78, 5) is 0. The molecule has 0 fully saturated rings. The molecule has 2 N–H and O–H groups in total. The molecule has 1 aromatic carbocycles. The minimum absolute atomic E-state index is 0.0580. The second-order valence-corrected chi connectivity index (χ2v) is 4.15. The quantitative estimate of drug-likeness (QED) is 0.847. The van der Waals surface area contributed by atoms with Crippen molar-refractivity contribution in [3.8, 4) is 5.75 Å². The van der Waals surface area contributed by atoms with E-state index in [1.54, 1.807) is 6.07 Å². The van der Waals surface area contributed by atoms with Gasteiger partial charge in [0, 0.05) is 6.04 Å².